The van der Waals surface area contributed by atoms with Crippen molar-refractivity contribution in [3.63, 3.8) is 0 Å². The van der Waals surface area contributed by atoms with E-state index in [4.69, 9.17) is 5.11 Å². The van der Waals surface area contributed by atoms with Crippen LogP contribution in [-0.2, 0) is 0 Å². The molecule has 0 bridgehead atoms. The summed E-state index contributed by atoms with van der Waals surface area (Å²) in [6.45, 7) is 3.37. The van der Waals surface area contributed by atoms with Crippen molar-refractivity contribution in [2.24, 2.45) is 0 Å². The molecule has 2 aromatic rings. The van der Waals surface area contributed by atoms with Gasteiger partial charge in [-0.15, -0.1) is 0 Å². The Hall–Kier alpha value is -2.14. The molecule has 0 fully saturated rings. The van der Waals surface area contributed by atoms with E-state index in [9.17, 15) is 4.79 Å². The second-order valence-electron chi connectivity index (χ2n) is 4.98. The first-order valence-corrected chi connectivity index (χ1v) is 6.06. The number of aromatic nitrogens is 2. The molecule has 100 valence electrons. The van der Waals surface area contributed by atoms with Gasteiger partial charge >= 0.3 is 0 Å². The Morgan fingerprint density at radius 3 is 2.63 bits per heavy atom. The Morgan fingerprint density at radius 2 is 2.00 bits per heavy atom. The van der Waals surface area contributed by atoms with Gasteiger partial charge in [0.05, 0.1) is 17.8 Å². The Bertz CT molecular complexity index is 561. The zero-order valence-electron chi connectivity index (χ0n) is 11.0. The average Bonchev–Trinajstić information content (AvgIpc) is 2.89. The SMILES string of the molecule is CC(C)(CO)NC(=O)c1ccn(-c2ccccc2)n1. The minimum atomic E-state index is -0.659. The highest BCUT2D eigenvalue weighted by Crippen LogP contribution is 2.08. The molecule has 0 aliphatic rings. The highest BCUT2D eigenvalue weighted by Gasteiger charge is 2.21. The van der Waals surface area contributed by atoms with E-state index in [1.54, 1.807) is 30.8 Å². The van der Waals surface area contributed by atoms with Crippen LogP contribution in [0.25, 0.3) is 5.69 Å². The fourth-order valence-electron chi connectivity index (χ4n) is 1.58. The van der Waals surface area contributed by atoms with Gasteiger partial charge < -0.3 is 10.4 Å². The molecule has 0 saturated carbocycles. The molecule has 19 heavy (non-hydrogen) atoms. The molecule has 2 N–H and O–H groups in total. The number of rotatable bonds is 4. The molecule has 2 rings (SSSR count). The third-order valence-corrected chi connectivity index (χ3v) is 2.69. The van der Waals surface area contributed by atoms with Gasteiger partial charge in [-0.25, -0.2) is 4.68 Å². The lowest BCUT2D eigenvalue weighted by Crippen LogP contribution is -2.46. The lowest BCUT2D eigenvalue weighted by atomic mass is 10.1. The van der Waals surface area contributed by atoms with Crippen molar-refractivity contribution in [2.45, 2.75) is 19.4 Å². The van der Waals surface area contributed by atoms with Crippen LogP contribution in [0.2, 0.25) is 0 Å². The van der Waals surface area contributed by atoms with Crippen LogP contribution in [-0.4, -0.2) is 32.9 Å². The molecule has 1 amide bonds. The smallest absolute Gasteiger partial charge is 0.272 e. The van der Waals surface area contributed by atoms with E-state index < -0.39 is 5.54 Å². The minimum Gasteiger partial charge on any atom is -0.394 e. The first kappa shape index (κ1) is 13.3. The molecule has 0 radical (unpaired) electrons. The summed E-state index contributed by atoms with van der Waals surface area (Å²) in [6, 6.07) is 11.2. The second kappa shape index (κ2) is 5.24. The molecular weight excluding hydrogens is 242 g/mol. The van der Waals surface area contributed by atoms with E-state index in [1.807, 2.05) is 30.3 Å². The number of carbonyl (C=O) groups is 1. The van der Waals surface area contributed by atoms with Crippen LogP contribution >= 0.6 is 0 Å². The van der Waals surface area contributed by atoms with E-state index in [0.29, 0.717) is 5.69 Å². The normalized spacial score (nSPS) is 11.3. The Morgan fingerprint density at radius 1 is 1.32 bits per heavy atom. The largest absolute Gasteiger partial charge is 0.394 e. The van der Waals surface area contributed by atoms with Crippen molar-refractivity contribution in [3.05, 3.63) is 48.3 Å². The molecule has 5 nitrogen and oxygen atoms in total. The van der Waals surface area contributed by atoms with Crippen LogP contribution in [0.15, 0.2) is 42.6 Å². The van der Waals surface area contributed by atoms with Crippen LogP contribution < -0.4 is 5.32 Å². The first-order valence-electron chi connectivity index (χ1n) is 6.06. The number of hydrogen-bond acceptors (Lipinski definition) is 3. The minimum absolute atomic E-state index is 0.127. The number of benzene rings is 1. The van der Waals surface area contributed by atoms with Crippen LogP contribution in [0.5, 0.6) is 0 Å². The zero-order valence-corrected chi connectivity index (χ0v) is 11.0. The number of para-hydroxylation sites is 1. The summed E-state index contributed by atoms with van der Waals surface area (Å²) in [5, 5.41) is 16.1. The van der Waals surface area contributed by atoms with Gasteiger partial charge in [0.1, 0.15) is 0 Å². The van der Waals surface area contributed by atoms with E-state index in [2.05, 4.69) is 10.4 Å². The van der Waals surface area contributed by atoms with Crippen LogP contribution in [0.3, 0.4) is 0 Å². The van der Waals surface area contributed by atoms with E-state index in [-0.39, 0.29) is 12.5 Å². The number of amides is 1. The van der Waals surface area contributed by atoms with Crippen molar-refractivity contribution in [3.8, 4) is 5.69 Å². The monoisotopic (exact) mass is 259 g/mol. The summed E-state index contributed by atoms with van der Waals surface area (Å²) in [6.07, 6.45) is 1.73. The highest BCUT2D eigenvalue weighted by molar-refractivity contribution is 5.92. The first-order chi connectivity index (χ1) is 9.02. The number of nitrogens with one attached hydrogen (secondary N) is 1. The molecule has 1 heterocycles. The lowest BCUT2D eigenvalue weighted by molar-refractivity contribution is 0.0864. The summed E-state index contributed by atoms with van der Waals surface area (Å²) >= 11 is 0. The third-order valence-electron chi connectivity index (χ3n) is 2.69. The van der Waals surface area contributed by atoms with E-state index in [1.165, 1.54) is 0 Å². The van der Waals surface area contributed by atoms with E-state index >= 15 is 0 Å². The molecule has 0 saturated heterocycles. The molecule has 0 spiro atoms. The predicted molar refractivity (Wildman–Crippen MR) is 72.2 cm³/mol. The van der Waals surface area contributed by atoms with Gasteiger partial charge in [0.15, 0.2) is 5.69 Å². The van der Waals surface area contributed by atoms with Gasteiger partial charge in [-0.3, -0.25) is 4.79 Å². The quantitative estimate of drug-likeness (QED) is 0.871. The van der Waals surface area contributed by atoms with Gasteiger partial charge in [0.2, 0.25) is 0 Å². The van der Waals surface area contributed by atoms with Crippen molar-refractivity contribution >= 4 is 5.91 Å². The maximum absolute atomic E-state index is 12.0. The number of aliphatic hydroxyl groups excluding tert-OH is 1. The maximum Gasteiger partial charge on any atom is 0.272 e. The van der Waals surface area contributed by atoms with E-state index in [0.717, 1.165) is 5.69 Å². The van der Waals surface area contributed by atoms with Crippen molar-refractivity contribution in [1.29, 1.82) is 0 Å². The van der Waals surface area contributed by atoms with Crippen LogP contribution in [0.4, 0.5) is 0 Å². The Balaban J connectivity index is 2.16. The fraction of sp³-hybridized carbons (Fsp3) is 0.286. The van der Waals surface area contributed by atoms with Gasteiger partial charge in [0.25, 0.3) is 5.91 Å². The number of nitrogens with zero attached hydrogens (tertiary/aromatic N) is 2. The zero-order chi connectivity index (χ0) is 13.9. The maximum atomic E-state index is 12.0. The van der Waals surface area contributed by atoms with Crippen LogP contribution in [0.1, 0.15) is 24.3 Å². The number of carbonyl (C=O) groups excluding carboxylic acids is 1. The molecule has 1 aromatic heterocycles. The molecular formula is C14H17N3O2. The summed E-state index contributed by atoms with van der Waals surface area (Å²) in [4.78, 5) is 12.0. The molecule has 0 unspecified atom stereocenters. The molecule has 1 aromatic carbocycles. The van der Waals surface area contributed by atoms with Crippen molar-refractivity contribution in [2.75, 3.05) is 6.61 Å². The Kier molecular flexibility index (Phi) is 3.66. The third kappa shape index (κ3) is 3.20. The van der Waals surface area contributed by atoms with Crippen molar-refractivity contribution < 1.29 is 9.90 Å². The molecule has 0 atom stereocenters. The average molecular weight is 259 g/mol. The molecule has 0 aliphatic carbocycles. The Labute approximate surface area is 111 Å². The summed E-state index contributed by atoms with van der Waals surface area (Å²) in [5.74, 6) is -0.297. The van der Waals surface area contributed by atoms with Gasteiger partial charge in [-0.1, -0.05) is 18.2 Å². The van der Waals surface area contributed by atoms with Gasteiger partial charge in [-0.05, 0) is 32.0 Å². The fourth-order valence-corrected chi connectivity index (χ4v) is 1.58. The number of aliphatic hydroxyl groups is 1. The van der Waals surface area contributed by atoms with Gasteiger partial charge in [-0.2, -0.15) is 5.10 Å². The predicted octanol–water partition coefficient (Wildman–Crippen LogP) is 1.37. The summed E-state index contributed by atoms with van der Waals surface area (Å²) < 4.78 is 1.64. The number of hydrogen-bond donors (Lipinski definition) is 2. The standard InChI is InChI=1S/C14H17N3O2/c1-14(2,10-18)15-13(19)12-8-9-17(16-12)11-6-4-3-5-7-11/h3-9,18H,10H2,1-2H3,(H,15,19). The highest BCUT2D eigenvalue weighted by atomic mass is 16.3. The van der Waals surface area contributed by atoms with Crippen LogP contribution in [0, 0.1) is 0 Å². The summed E-state index contributed by atoms with van der Waals surface area (Å²) in [5.41, 5.74) is 0.557. The van der Waals surface area contributed by atoms with Crippen molar-refractivity contribution in [1.82, 2.24) is 15.1 Å². The topological polar surface area (TPSA) is 67.2 Å². The lowest BCUT2D eigenvalue weighted by Gasteiger charge is -2.22. The molecule has 0 aliphatic heterocycles. The summed E-state index contributed by atoms with van der Waals surface area (Å²) in [7, 11) is 0. The molecule has 5 heteroatoms. The second-order valence-corrected chi connectivity index (χ2v) is 4.98. The van der Waals surface area contributed by atoms with Gasteiger partial charge in [0, 0.05) is 6.20 Å².